The van der Waals surface area contributed by atoms with Crippen LogP contribution in [0.4, 0.5) is 11.5 Å². The number of nitrogens with zero attached hydrogens (tertiary/aromatic N) is 3. The number of methoxy groups -OCH3 is 1. The summed E-state index contributed by atoms with van der Waals surface area (Å²) in [6.07, 6.45) is 2.25. The molecule has 0 aliphatic rings. The van der Waals surface area contributed by atoms with E-state index in [0.717, 1.165) is 29.2 Å². The molecule has 5 heteroatoms. The minimum absolute atomic E-state index is 0.495. The van der Waals surface area contributed by atoms with Gasteiger partial charge in [-0.3, -0.25) is 0 Å². The number of para-hydroxylation sites is 2. The van der Waals surface area contributed by atoms with Crippen molar-refractivity contribution in [3.05, 3.63) is 41.3 Å². The molecule has 4 nitrogen and oxygen atoms in total. The molecule has 2 rings (SSSR count). The first-order valence-corrected chi connectivity index (χ1v) is 6.43. The third kappa shape index (κ3) is 2.63. The Morgan fingerprint density at radius 3 is 2.68 bits per heavy atom. The lowest BCUT2D eigenvalue weighted by molar-refractivity contribution is 0.415. The van der Waals surface area contributed by atoms with Gasteiger partial charge in [0.2, 0.25) is 0 Å². The average molecular weight is 278 g/mol. The van der Waals surface area contributed by atoms with Gasteiger partial charge in [0.15, 0.2) is 0 Å². The van der Waals surface area contributed by atoms with Crippen LogP contribution in [0, 0.1) is 0 Å². The number of hydrogen-bond donors (Lipinski definition) is 0. The van der Waals surface area contributed by atoms with E-state index in [1.165, 1.54) is 6.33 Å². The Bertz CT molecular complexity index is 574. The molecule has 100 valence electrons. The normalized spacial score (nSPS) is 10.3. The zero-order valence-corrected chi connectivity index (χ0v) is 12.0. The Morgan fingerprint density at radius 2 is 2.00 bits per heavy atom. The molecule has 0 unspecified atom stereocenters. The summed E-state index contributed by atoms with van der Waals surface area (Å²) < 4.78 is 5.37. The van der Waals surface area contributed by atoms with Crippen LogP contribution in [0.5, 0.6) is 5.75 Å². The summed E-state index contributed by atoms with van der Waals surface area (Å²) >= 11 is 6.13. The third-order valence-corrected chi connectivity index (χ3v) is 3.31. The van der Waals surface area contributed by atoms with Gasteiger partial charge in [-0.1, -0.05) is 30.7 Å². The molecule has 0 fully saturated rings. The van der Waals surface area contributed by atoms with E-state index in [4.69, 9.17) is 16.3 Å². The van der Waals surface area contributed by atoms with Crippen LogP contribution in [-0.4, -0.2) is 24.1 Å². The molecular formula is C14H16ClN3O. The summed E-state index contributed by atoms with van der Waals surface area (Å²) in [4.78, 5) is 10.3. The second-order valence-corrected chi connectivity index (χ2v) is 4.41. The molecule has 1 aromatic heterocycles. The molecule has 2 aromatic rings. The van der Waals surface area contributed by atoms with Crippen LogP contribution in [0.1, 0.15) is 12.5 Å². The average Bonchev–Trinajstić information content (AvgIpc) is 2.46. The number of rotatable bonds is 4. The monoisotopic (exact) mass is 277 g/mol. The van der Waals surface area contributed by atoms with Crippen LogP contribution in [0.15, 0.2) is 30.6 Å². The Hall–Kier alpha value is -1.81. The van der Waals surface area contributed by atoms with Gasteiger partial charge >= 0.3 is 0 Å². The highest BCUT2D eigenvalue weighted by Crippen LogP contribution is 2.34. The first-order chi connectivity index (χ1) is 9.19. The van der Waals surface area contributed by atoms with Crippen molar-refractivity contribution >= 4 is 23.1 Å². The first kappa shape index (κ1) is 13.6. The second kappa shape index (κ2) is 5.89. The van der Waals surface area contributed by atoms with Crippen LogP contribution in [-0.2, 0) is 6.42 Å². The minimum atomic E-state index is 0.495. The van der Waals surface area contributed by atoms with Crippen LogP contribution >= 0.6 is 11.6 Å². The number of benzene rings is 1. The minimum Gasteiger partial charge on any atom is -0.495 e. The maximum absolute atomic E-state index is 6.13. The predicted molar refractivity (Wildman–Crippen MR) is 77.5 cm³/mol. The largest absolute Gasteiger partial charge is 0.495 e. The molecular weight excluding hydrogens is 262 g/mol. The Kier molecular flexibility index (Phi) is 4.22. The van der Waals surface area contributed by atoms with Crippen molar-refractivity contribution in [3.63, 3.8) is 0 Å². The maximum atomic E-state index is 6.13. The van der Waals surface area contributed by atoms with E-state index in [1.807, 2.05) is 43.1 Å². The summed E-state index contributed by atoms with van der Waals surface area (Å²) in [6, 6.07) is 7.79. The van der Waals surface area contributed by atoms with Gasteiger partial charge in [0, 0.05) is 12.6 Å². The molecule has 0 saturated heterocycles. The Labute approximate surface area is 118 Å². The van der Waals surface area contributed by atoms with Crippen molar-refractivity contribution in [1.82, 2.24) is 9.97 Å². The van der Waals surface area contributed by atoms with E-state index in [0.29, 0.717) is 5.15 Å². The molecule has 0 N–H and O–H groups in total. The Morgan fingerprint density at radius 1 is 1.26 bits per heavy atom. The SMILES string of the molecule is CCc1c(Cl)ncnc1N(C)c1ccccc1OC. The van der Waals surface area contributed by atoms with Crippen molar-refractivity contribution < 1.29 is 4.74 Å². The van der Waals surface area contributed by atoms with Crippen molar-refractivity contribution in [2.75, 3.05) is 19.1 Å². The van der Waals surface area contributed by atoms with Gasteiger partial charge in [-0.15, -0.1) is 0 Å². The van der Waals surface area contributed by atoms with E-state index >= 15 is 0 Å². The van der Waals surface area contributed by atoms with E-state index in [1.54, 1.807) is 7.11 Å². The third-order valence-electron chi connectivity index (χ3n) is 2.99. The number of ether oxygens (including phenoxy) is 1. The topological polar surface area (TPSA) is 38.2 Å². The molecule has 0 saturated carbocycles. The van der Waals surface area contributed by atoms with E-state index in [9.17, 15) is 0 Å². The number of aromatic nitrogens is 2. The van der Waals surface area contributed by atoms with Crippen molar-refractivity contribution in [2.24, 2.45) is 0 Å². The van der Waals surface area contributed by atoms with Crippen molar-refractivity contribution in [1.29, 1.82) is 0 Å². The summed E-state index contributed by atoms with van der Waals surface area (Å²) in [5, 5.41) is 0.495. The van der Waals surface area contributed by atoms with Crippen LogP contribution in [0.25, 0.3) is 0 Å². The van der Waals surface area contributed by atoms with Gasteiger partial charge < -0.3 is 9.64 Å². The fourth-order valence-electron chi connectivity index (χ4n) is 2.00. The summed E-state index contributed by atoms with van der Waals surface area (Å²) in [7, 11) is 3.59. The molecule has 0 aliphatic heterocycles. The second-order valence-electron chi connectivity index (χ2n) is 4.05. The molecule has 0 bridgehead atoms. The van der Waals surface area contributed by atoms with Crippen LogP contribution in [0.2, 0.25) is 5.15 Å². The molecule has 1 heterocycles. The molecule has 0 spiro atoms. The van der Waals surface area contributed by atoms with Gasteiger partial charge in [0.05, 0.1) is 12.8 Å². The fraction of sp³-hybridized carbons (Fsp3) is 0.286. The smallest absolute Gasteiger partial charge is 0.142 e. The fourth-order valence-corrected chi connectivity index (χ4v) is 2.26. The van der Waals surface area contributed by atoms with Gasteiger partial charge in [0.25, 0.3) is 0 Å². The first-order valence-electron chi connectivity index (χ1n) is 6.05. The molecule has 19 heavy (non-hydrogen) atoms. The zero-order valence-electron chi connectivity index (χ0n) is 11.2. The van der Waals surface area contributed by atoms with Gasteiger partial charge in [0.1, 0.15) is 23.0 Å². The zero-order chi connectivity index (χ0) is 13.8. The summed E-state index contributed by atoms with van der Waals surface area (Å²) in [5.74, 6) is 1.59. The molecule has 1 aromatic carbocycles. The lowest BCUT2D eigenvalue weighted by atomic mass is 10.2. The van der Waals surface area contributed by atoms with E-state index < -0.39 is 0 Å². The van der Waals surface area contributed by atoms with Gasteiger partial charge in [-0.25, -0.2) is 9.97 Å². The van der Waals surface area contributed by atoms with Crippen molar-refractivity contribution in [3.8, 4) is 5.75 Å². The molecule has 0 atom stereocenters. The highest BCUT2D eigenvalue weighted by atomic mass is 35.5. The Balaban J connectivity index is 2.50. The van der Waals surface area contributed by atoms with E-state index in [-0.39, 0.29) is 0 Å². The van der Waals surface area contributed by atoms with Crippen LogP contribution < -0.4 is 9.64 Å². The summed E-state index contributed by atoms with van der Waals surface area (Å²) in [5.41, 5.74) is 1.87. The number of halogens is 1. The van der Waals surface area contributed by atoms with Crippen molar-refractivity contribution in [2.45, 2.75) is 13.3 Å². The standard InChI is InChI=1S/C14H16ClN3O/c1-4-10-13(15)16-9-17-14(10)18(2)11-7-5-6-8-12(11)19-3/h5-9H,4H2,1-3H3. The maximum Gasteiger partial charge on any atom is 0.142 e. The van der Waals surface area contributed by atoms with Crippen LogP contribution in [0.3, 0.4) is 0 Å². The highest BCUT2D eigenvalue weighted by Gasteiger charge is 2.16. The highest BCUT2D eigenvalue weighted by molar-refractivity contribution is 6.30. The van der Waals surface area contributed by atoms with Gasteiger partial charge in [-0.2, -0.15) is 0 Å². The summed E-state index contributed by atoms with van der Waals surface area (Å²) in [6.45, 7) is 2.03. The number of anilines is 2. The molecule has 0 aliphatic carbocycles. The molecule has 0 radical (unpaired) electrons. The number of hydrogen-bond acceptors (Lipinski definition) is 4. The predicted octanol–water partition coefficient (Wildman–Crippen LogP) is 3.47. The van der Waals surface area contributed by atoms with E-state index in [2.05, 4.69) is 9.97 Å². The quantitative estimate of drug-likeness (QED) is 0.802. The lowest BCUT2D eigenvalue weighted by Crippen LogP contribution is -2.15. The lowest BCUT2D eigenvalue weighted by Gasteiger charge is -2.23. The van der Waals surface area contributed by atoms with Gasteiger partial charge in [-0.05, 0) is 18.6 Å². The molecule has 0 amide bonds.